The summed E-state index contributed by atoms with van der Waals surface area (Å²) >= 11 is 5.20. The molecule has 0 bridgehead atoms. The first kappa shape index (κ1) is 11.8. The average Bonchev–Trinajstić information content (AvgIpc) is 2.72. The van der Waals surface area contributed by atoms with E-state index in [-0.39, 0.29) is 8.49 Å². The van der Waals surface area contributed by atoms with Gasteiger partial charge in [0.15, 0.2) is 0 Å². The summed E-state index contributed by atoms with van der Waals surface area (Å²) in [5.74, 6) is 1.09. The Balaban J connectivity index is 0.000000138. The highest BCUT2D eigenvalue weighted by atomic mass is 33.3. The van der Waals surface area contributed by atoms with Gasteiger partial charge in [0, 0.05) is 10.6 Å². The third-order valence-electron chi connectivity index (χ3n) is 2.10. The second-order valence-corrected chi connectivity index (χ2v) is 8.34. The molecule has 1 atom stereocenters. The molecule has 0 amide bonds. The quantitative estimate of drug-likeness (QED) is 0.660. The lowest BCUT2D eigenvalue weighted by Crippen LogP contribution is -1.77. The molecule has 0 radical (unpaired) electrons. The van der Waals surface area contributed by atoms with Crippen LogP contribution in [0.3, 0.4) is 0 Å². The molecule has 1 aliphatic heterocycles. The maximum atomic E-state index is 5.20. The Kier molecular flexibility index (Phi) is 4.57. The van der Waals surface area contributed by atoms with Crippen LogP contribution in [-0.4, -0.2) is 0 Å². The molecule has 0 aromatic heterocycles. The fraction of sp³-hybridized carbons (Fsp3) is 0.0769. The molecule has 3 heteroatoms. The van der Waals surface area contributed by atoms with Crippen molar-refractivity contribution in [1.82, 2.24) is 0 Å². The predicted molar refractivity (Wildman–Crippen MR) is 77.2 cm³/mol. The molecular weight excluding hydrogens is 252 g/mol. The molecule has 16 heavy (non-hydrogen) atoms. The Hall–Kier alpha value is -0.640. The van der Waals surface area contributed by atoms with Gasteiger partial charge in [-0.1, -0.05) is 73.9 Å². The van der Waals surface area contributed by atoms with E-state index in [9.17, 15) is 0 Å². The van der Waals surface area contributed by atoms with Crippen molar-refractivity contribution >= 4 is 30.5 Å². The Morgan fingerprint density at radius 3 is 2.00 bits per heavy atom. The summed E-state index contributed by atoms with van der Waals surface area (Å²) in [6.45, 7) is 0. The van der Waals surface area contributed by atoms with Crippen molar-refractivity contribution in [2.45, 2.75) is 10.6 Å². The highest BCUT2D eigenvalue weighted by molar-refractivity contribution is 8.82. The van der Waals surface area contributed by atoms with Crippen molar-refractivity contribution in [2.75, 3.05) is 0 Å². The molecule has 0 fully saturated rings. The predicted octanol–water partition coefficient (Wildman–Crippen LogP) is 3.97. The van der Waals surface area contributed by atoms with Gasteiger partial charge in [0.25, 0.3) is 0 Å². The first-order valence-corrected chi connectivity index (χ1v) is 8.66. The van der Waals surface area contributed by atoms with E-state index in [0.717, 1.165) is 5.75 Å². The molecular formula is C13H12S3. The van der Waals surface area contributed by atoms with Gasteiger partial charge < -0.3 is 0 Å². The molecule has 2 aromatic rings. The lowest BCUT2D eigenvalue weighted by molar-refractivity contribution is 1.29. The molecule has 2 aromatic carbocycles. The monoisotopic (exact) mass is 264 g/mol. The first-order valence-electron chi connectivity index (χ1n) is 5.01. The van der Waals surface area contributed by atoms with Crippen molar-refractivity contribution < 1.29 is 0 Å². The van der Waals surface area contributed by atoms with E-state index in [1.165, 1.54) is 10.5 Å². The summed E-state index contributed by atoms with van der Waals surface area (Å²) < 4.78 is 0. The molecule has 0 nitrogen and oxygen atoms in total. The lowest BCUT2D eigenvalue weighted by atomic mass is 10.2. The number of hydrogen-bond acceptors (Lipinski definition) is 2. The van der Waals surface area contributed by atoms with Gasteiger partial charge in [-0.3, -0.25) is 0 Å². The zero-order chi connectivity index (χ0) is 11.2. The second kappa shape index (κ2) is 6.18. The standard InChI is InChI=1S/C7H6S3.C6H6/c8-10-5-6-3-1-2-4-7(6)9-10;1-2-4-6-5-3-1/h1-4H,5H2;1-6H. The zero-order valence-corrected chi connectivity index (χ0v) is 11.2. The van der Waals surface area contributed by atoms with Crippen LogP contribution in [0.1, 0.15) is 5.56 Å². The van der Waals surface area contributed by atoms with Crippen LogP contribution in [0.4, 0.5) is 0 Å². The highest BCUT2D eigenvalue weighted by Crippen LogP contribution is 2.35. The van der Waals surface area contributed by atoms with Crippen molar-refractivity contribution in [1.29, 1.82) is 0 Å². The van der Waals surface area contributed by atoms with E-state index in [0.29, 0.717) is 0 Å². The number of hydrogen-bond donors (Lipinski definition) is 0. The lowest BCUT2D eigenvalue weighted by Gasteiger charge is -1.90. The minimum absolute atomic E-state index is 0.131. The van der Waals surface area contributed by atoms with Gasteiger partial charge in [0.2, 0.25) is 0 Å². The third-order valence-corrected chi connectivity index (χ3v) is 5.82. The van der Waals surface area contributed by atoms with Gasteiger partial charge in [-0.2, -0.15) is 0 Å². The second-order valence-electron chi connectivity index (χ2n) is 3.29. The summed E-state index contributed by atoms with van der Waals surface area (Å²) in [7, 11) is 1.96. The van der Waals surface area contributed by atoms with E-state index >= 15 is 0 Å². The van der Waals surface area contributed by atoms with E-state index in [1.807, 2.05) is 47.2 Å². The SMILES string of the molecule is S=S1Cc2ccccc2S1.c1ccccc1. The van der Waals surface area contributed by atoms with Gasteiger partial charge >= 0.3 is 0 Å². The number of fused-ring (bicyclic) bond motifs is 1. The van der Waals surface area contributed by atoms with E-state index < -0.39 is 0 Å². The van der Waals surface area contributed by atoms with E-state index in [4.69, 9.17) is 11.2 Å². The first-order chi connectivity index (χ1) is 7.86. The van der Waals surface area contributed by atoms with Crippen molar-refractivity contribution in [2.24, 2.45) is 0 Å². The summed E-state index contributed by atoms with van der Waals surface area (Å²) in [5.41, 5.74) is 1.44. The molecule has 1 heterocycles. The molecule has 0 aliphatic carbocycles. The van der Waals surface area contributed by atoms with E-state index in [1.54, 1.807) is 0 Å². The van der Waals surface area contributed by atoms with Crippen molar-refractivity contribution in [3.63, 3.8) is 0 Å². The average molecular weight is 264 g/mol. The van der Waals surface area contributed by atoms with Crippen molar-refractivity contribution in [3.05, 3.63) is 66.2 Å². The minimum Gasteiger partial charge on any atom is -0.0623 e. The van der Waals surface area contributed by atoms with Crippen LogP contribution in [0.15, 0.2) is 65.6 Å². The highest BCUT2D eigenvalue weighted by Gasteiger charge is 2.13. The normalized spacial score (nSPS) is 17.1. The van der Waals surface area contributed by atoms with Crippen LogP contribution in [0.25, 0.3) is 0 Å². The molecule has 1 aliphatic rings. The van der Waals surface area contributed by atoms with Crippen LogP contribution < -0.4 is 0 Å². The van der Waals surface area contributed by atoms with Gasteiger partial charge in [-0.15, -0.1) is 0 Å². The number of rotatable bonds is 0. The minimum atomic E-state index is 0.131. The molecule has 0 saturated carbocycles. The maximum absolute atomic E-state index is 5.20. The Morgan fingerprint density at radius 1 is 0.875 bits per heavy atom. The summed E-state index contributed by atoms with van der Waals surface area (Å²) in [4.78, 5) is 1.39. The summed E-state index contributed by atoms with van der Waals surface area (Å²) in [6.07, 6.45) is 0. The molecule has 0 N–H and O–H groups in total. The van der Waals surface area contributed by atoms with E-state index in [2.05, 4.69) is 24.3 Å². The molecule has 1 unspecified atom stereocenters. The topological polar surface area (TPSA) is 0 Å². The van der Waals surface area contributed by atoms with Gasteiger partial charge in [0.05, 0.1) is 0 Å². The Morgan fingerprint density at radius 2 is 1.44 bits per heavy atom. The molecule has 0 saturated heterocycles. The van der Waals surface area contributed by atoms with Gasteiger partial charge in [0.1, 0.15) is 0 Å². The van der Waals surface area contributed by atoms with Gasteiger partial charge in [-0.25, -0.2) is 0 Å². The fourth-order valence-electron chi connectivity index (χ4n) is 1.35. The Bertz CT molecular complexity index is 412. The van der Waals surface area contributed by atoms with Crippen LogP contribution >= 0.6 is 10.8 Å². The smallest absolute Gasteiger partial charge is 0.0343 e. The molecule has 0 spiro atoms. The van der Waals surface area contributed by atoms with Crippen molar-refractivity contribution in [3.8, 4) is 0 Å². The molecule has 3 rings (SSSR count). The maximum Gasteiger partial charge on any atom is 0.0343 e. The number of benzene rings is 2. The fourth-order valence-corrected chi connectivity index (χ4v) is 5.27. The molecule has 82 valence electrons. The Labute approximate surface area is 107 Å². The zero-order valence-electron chi connectivity index (χ0n) is 8.71. The summed E-state index contributed by atoms with van der Waals surface area (Å²) in [6, 6.07) is 20.5. The van der Waals surface area contributed by atoms with Crippen LogP contribution in [0, 0.1) is 0 Å². The van der Waals surface area contributed by atoms with Gasteiger partial charge in [-0.05, 0) is 22.8 Å². The largest absolute Gasteiger partial charge is 0.0623 e. The van der Waals surface area contributed by atoms with Crippen LogP contribution in [-0.2, 0) is 25.4 Å². The van der Waals surface area contributed by atoms with Crippen LogP contribution in [0.5, 0.6) is 0 Å². The van der Waals surface area contributed by atoms with Crippen LogP contribution in [0.2, 0.25) is 0 Å². The summed E-state index contributed by atoms with van der Waals surface area (Å²) in [5, 5.41) is 0. The third kappa shape index (κ3) is 3.44.